The Kier molecular flexibility index (Phi) is 3.08. The summed E-state index contributed by atoms with van der Waals surface area (Å²) in [7, 11) is 0. The number of fused-ring (bicyclic) bond motifs is 1. The van der Waals surface area contributed by atoms with Crippen LogP contribution in [0.4, 0.5) is 0 Å². The van der Waals surface area contributed by atoms with Gasteiger partial charge in [-0.15, -0.1) is 5.11 Å². The molecule has 1 unspecified atom stereocenters. The first-order valence-corrected chi connectivity index (χ1v) is 6.18. The van der Waals surface area contributed by atoms with Crippen LogP contribution in [0.15, 0.2) is 34.5 Å². The number of benzene rings is 1. The lowest BCUT2D eigenvalue weighted by Crippen LogP contribution is -2.43. The van der Waals surface area contributed by atoms with E-state index in [9.17, 15) is 9.59 Å². The first-order valence-electron chi connectivity index (χ1n) is 6.18. The highest BCUT2D eigenvalue weighted by Crippen LogP contribution is 2.29. The maximum Gasteiger partial charge on any atom is 0.295 e. The molecule has 1 saturated heterocycles. The summed E-state index contributed by atoms with van der Waals surface area (Å²) < 4.78 is 5.22. The number of hydrogen-bond donors (Lipinski definition) is 0. The van der Waals surface area contributed by atoms with Gasteiger partial charge in [-0.2, -0.15) is 5.11 Å². The Morgan fingerprint density at radius 1 is 1.26 bits per heavy atom. The Morgan fingerprint density at radius 2 is 2.00 bits per heavy atom. The number of morpholine rings is 1. The number of amides is 2. The van der Waals surface area contributed by atoms with Gasteiger partial charge in [0.2, 0.25) is 0 Å². The van der Waals surface area contributed by atoms with Crippen molar-refractivity contribution in [1.82, 2.24) is 4.90 Å². The smallest absolute Gasteiger partial charge is 0.295 e. The molecule has 0 N–H and O–H groups in total. The van der Waals surface area contributed by atoms with Crippen molar-refractivity contribution in [2.45, 2.75) is 6.04 Å². The highest BCUT2D eigenvalue weighted by atomic mass is 16.5. The summed E-state index contributed by atoms with van der Waals surface area (Å²) in [4.78, 5) is 25.8. The van der Waals surface area contributed by atoms with Crippen LogP contribution in [0.2, 0.25) is 0 Å². The summed E-state index contributed by atoms with van der Waals surface area (Å²) in [5, 5.41) is 7.45. The number of carbonyl (C=O) groups is 2. The molecule has 2 aliphatic heterocycles. The van der Waals surface area contributed by atoms with Gasteiger partial charge in [0.05, 0.1) is 13.2 Å². The van der Waals surface area contributed by atoms with Crippen molar-refractivity contribution in [2.24, 2.45) is 10.2 Å². The first-order chi connectivity index (χ1) is 9.27. The molecule has 2 aliphatic rings. The lowest BCUT2D eigenvalue weighted by molar-refractivity contribution is -0.136. The Bertz CT molecular complexity index is 550. The fourth-order valence-corrected chi connectivity index (χ4v) is 2.30. The summed E-state index contributed by atoms with van der Waals surface area (Å²) in [6.07, 6.45) is 0. The molecule has 0 aromatic heterocycles. The molecule has 1 fully saturated rings. The van der Waals surface area contributed by atoms with E-state index in [0.717, 1.165) is 0 Å². The van der Waals surface area contributed by atoms with E-state index in [2.05, 4.69) is 10.2 Å². The highest BCUT2D eigenvalue weighted by molar-refractivity contribution is 5.99. The molecular formula is C13H13N3O3. The largest absolute Gasteiger partial charge is 0.378 e. The quantitative estimate of drug-likeness (QED) is 0.760. The van der Waals surface area contributed by atoms with Crippen LogP contribution in [0.25, 0.3) is 0 Å². The van der Waals surface area contributed by atoms with Crippen LogP contribution in [-0.4, -0.2) is 43.0 Å². The molecule has 19 heavy (non-hydrogen) atoms. The standard InChI is InChI=1S/C13H13N3O3/c17-12-10-4-2-1-3-9(10)11(14-15-12)13(18)16-5-7-19-8-6-16/h1-4,11H,5-8H2. The maximum absolute atomic E-state index is 12.4. The summed E-state index contributed by atoms with van der Waals surface area (Å²) in [6, 6.07) is 6.29. The number of nitrogens with zero attached hydrogens (tertiary/aromatic N) is 3. The maximum atomic E-state index is 12.4. The lowest BCUT2D eigenvalue weighted by Gasteiger charge is -2.29. The van der Waals surface area contributed by atoms with Crippen molar-refractivity contribution in [1.29, 1.82) is 0 Å². The minimum Gasteiger partial charge on any atom is -0.378 e. The molecule has 6 heteroatoms. The van der Waals surface area contributed by atoms with Crippen molar-refractivity contribution in [2.75, 3.05) is 26.3 Å². The summed E-state index contributed by atoms with van der Waals surface area (Å²) in [5.74, 6) is -0.506. The van der Waals surface area contributed by atoms with E-state index in [-0.39, 0.29) is 11.8 Å². The molecule has 2 amide bonds. The summed E-state index contributed by atoms with van der Waals surface area (Å²) >= 11 is 0. The van der Waals surface area contributed by atoms with E-state index in [1.54, 1.807) is 29.2 Å². The second kappa shape index (κ2) is 4.89. The van der Waals surface area contributed by atoms with Gasteiger partial charge in [-0.05, 0) is 6.07 Å². The van der Waals surface area contributed by atoms with Gasteiger partial charge in [-0.1, -0.05) is 18.2 Å². The highest BCUT2D eigenvalue weighted by Gasteiger charge is 2.32. The van der Waals surface area contributed by atoms with E-state index in [4.69, 9.17) is 4.74 Å². The predicted molar refractivity (Wildman–Crippen MR) is 65.8 cm³/mol. The van der Waals surface area contributed by atoms with Crippen LogP contribution in [0.3, 0.4) is 0 Å². The van der Waals surface area contributed by atoms with Crippen molar-refractivity contribution in [3.63, 3.8) is 0 Å². The van der Waals surface area contributed by atoms with Crippen molar-refractivity contribution >= 4 is 11.8 Å². The molecule has 1 atom stereocenters. The molecule has 0 aliphatic carbocycles. The van der Waals surface area contributed by atoms with Gasteiger partial charge in [0.25, 0.3) is 11.8 Å². The Hall–Kier alpha value is -2.08. The normalized spacial score (nSPS) is 22.2. The Morgan fingerprint density at radius 3 is 2.79 bits per heavy atom. The van der Waals surface area contributed by atoms with Gasteiger partial charge >= 0.3 is 0 Å². The van der Waals surface area contributed by atoms with Crippen molar-refractivity contribution < 1.29 is 14.3 Å². The second-order valence-corrected chi connectivity index (χ2v) is 4.45. The molecular weight excluding hydrogens is 246 g/mol. The zero-order valence-corrected chi connectivity index (χ0v) is 10.3. The molecule has 0 radical (unpaired) electrons. The molecule has 98 valence electrons. The molecule has 6 nitrogen and oxygen atoms in total. The number of ether oxygens (including phenoxy) is 1. The number of hydrogen-bond acceptors (Lipinski definition) is 4. The molecule has 2 heterocycles. The third-order valence-electron chi connectivity index (χ3n) is 3.31. The minimum absolute atomic E-state index is 0.119. The van der Waals surface area contributed by atoms with E-state index >= 15 is 0 Å². The molecule has 0 spiro atoms. The molecule has 3 rings (SSSR count). The third-order valence-corrected chi connectivity index (χ3v) is 3.31. The van der Waals surface area contributed by atoms with Gasteiger partial charge in [0.15, 0.2) is 6.04 Å². The van der Waals surface area contributed by atoms with Crippen molar-refractivity contribution in [3.05, 3.63) is 35.4 Å². The molecule has 0 bridgehead atoms. The number of azo groups is 1. The van der Waals surface area contributed by atoms with Gasteiger partial charge < -0.3 is 9.64 Å². The molecule has 1 aromatic carbocycles. The Labute approximate surface area is 110 Å². The van der Waals surface area contributed by atoms with Crippen LogP contribution in [0, 0.1) is 0 Å². The van der Waals surface area contributed by atoms with Gasteiger partial charge in [-0.25, -0.2) is 0 Å². The first kappa shape index (κ1) is 12.0. The van der Waals surface area contributed by atoms with Crippen LogP contribution in [-0.2, 0) is 9.53 Å². The predicted octanol–water partition coefficient (Wildman–Crippen LogP) is 1.19. The zero-order valence-electron chi connectivity index (χ0n) is 10.3. The molecule has 0 saturated carbocycles. The van der Waals surface area contributed by atoms with E-state index in [0.29, 0.717) is 37.4 Å². The fraction of sp³-hybridized carbons (Fsp3) is 0.385. The zero-order chi connectivity index (χ0) is 13.2. The third kappa shape index (κ3) is 2.15. The lowest BCUT2D eigenvalue weighted by atomic mass is 9.98. The van der Waals surface area contributed by atoms with Gasteiger partial charge in [-0.3, -0.25) is 9.59 Å². The van der Waals surface area contributed by atoms with Crippen LogP contribution in [0.1, 0.15) is 22.0 Å². The SMILES string of the molecule is O=C1N=NC(C(=O)N2CCOCC2)c2ccccc21. The Balaban J connectivity index is 1.90. The van der Waals surface area contributed by atoms with Crippen LogP contribution in [0.5, 0.6) is 0 Å². The summed E-state index contributed by atoms with van der Waals surface area (Å²) in [5.41, 5.74) is 1.10. The van der Waals surface area contributed by atoms with Crippen LogP contribution >= 0.6 is 0 Å². The van der Waals surface area contributed by atoms with Gasteiger partial charge in [0.1, 0.15) is 0 Å². The minimum atomic E-state index is -0.702. The monoisotopic (exact) mass is 259 g/mol. The second-order valence-electron chi connectivity index (χ2n) is 4.45. The fourth-order valence-electron chi connectivity index (χ4n) is 2.30. The topological polar surface area (TPSA) is 71.3 Å². The number of rotatable bonds is 1. The van der Waals surface area contributed by atoms with E-state index in [1.807, 2.05) is 0 Å². The summed E-state index contributed by atoms with van der Waals surface area (Å²) in [6.45, 7) is 2.19. The van der Waals surface area contributed by atoms with E-state index < -0.39 is 6.04 Å². The van der Waals surface area contributed by atoms with Gasteiger partial charge in [0, 0.05) is 24.2 Å². The van der Waals surface area contributed by atoms with Crippen molar-refractivity contribution in [3.8, 4) is 0 Å². The molecule has 1 aromatic rings. The number of carbonyl (C=O) groups excluding carboxylic acids is 2. The average molecular weight is 259 g/mol. The average Bonchev–Trinajstić information content (AvgIpc) is 2.48. The van der Waals surface area contributed by atoms with E-state index in [1.165, 1.54) is 0 Å². The van der Waals surface area contributed by atoms with Crippen LogP contribution < -0.4 is 0 Å².